The molecule has 1 N–H and O–H groups in total. The summed E-state index contributed by atoms with van der Waals surface area (Å²) in [5, 5.41) is 9.55. The molecule has 1 atom stereocenters. The molecule has 6 heteroatoms. The Morgan fingerprint density at radius 2 is 2.25 bits per heavy atom. The first kappa shape index (κ1) is 15.9. The summed E-state index contributed by atoms with van der Waals surface area (Å²) < 4.78 is 1.88. The molecular formula is C14H18Br2N2O2. The normalized spacial score (nSPS) is 23.4. The minimum absolute atomic E-state index is 0.131. The molecule has 1 aliphatic rings. The maximum Gasteiger partial charge on any atom is 0.311 e. The lowest BCUT2D eigenvalue weighted by Gasteiger charge is -2.28. The van der Waals surface area contributed by atoms with E-state index in [1.165, 1.54) is 0 Å². The van der Waals surface area contributed by atoms with Gasteiger partial charge in [-0.3, -0.25) is 14.7 Å². The molecule has 1 fully saturated rings. The second kappa shape index (κ2) is 6.12. The molecule has 1 saturated heterocycles. The predicted octanol–water partition coefficient (Wildman–Crippen LogP) is 3.54. The smallest absolute Gasteiger partial charge is 0.311 e. The van der Waals surface area contributed by atoms with Crippen molar-refractivity contribution in [2.24, 2.45) is 11.3 Å². The van der Waals surface area contributed by atoms with Gasteiger partial charge in [0, 0.05) is 28.2 Å². The molecule has 1 aliphatic heterocycles. The maximum atomic E-state index is 11.6. The van der Waals surface area contributed by atoms with Gasteiger partial charge in [-0.1, -0.05) is 13.8 Å². The van der Waals surface area contributed by atoms with Crippen LogP contribution in [0.1, 0.15) is 26.0 Å². The largest absolute Gasteiger partial charge is 0.481 e. The lowest BCUT2D eigenvalue weighted by Crippen LogP contribution is -2.39. The summed E-state index contributed by atoms with van der Waals surface area (Å²) in [6.07, 6.45) is 2.47. The molecule has 0 bridgehead atoms. The fraction of sp³-hybridized carbons (Fsp3) is 0.571. The first-order valence-electron chi connectivity index (χ1n) is 6.61. The van der Waals surface area contributed by atoms with Gasteiger partial charge in [0.1, 0.15) is 0 Å². The number of hydrogen-bond donors (Lipinski definition) is 1. The molecule has 1 aromatic heterocycles. The van der Waals surface area contributed by atoms with Crippen LogP contribution in [0.25, 0.3) is 0 Å². The van der Waals surface area contributed by atoms with Gasteiger partial charge in [0.05, 0.1) is 11.1 Å². The highest BCUT2D eigenvalue weighted by Crippen LogP contribution is 2.39. The molecular weight excluding hydrogens is 388 g/mol. The van der Waals surface area contributed by atoms with Crippen LogP contribution in [0, 0.1) is 11.3 Å². The molecule has 1 unspecified atom stereocenters. The Kier molecular flexibility index (Phi) is 4.87. The van der Waals surface area contributed by atoms with E-state index in [0.29, 0.717) is 19.5 Å². The van der Waals surface area contributed by atoms with Crippen LogP contribution < -0.4 is 0 Å². The molecule has 20 heavy (non-hydrogen) atoms. The Labute approximate surface area is 135 Å². The lowest BCUT2D eigenvalue weighted by molar-refractivity contribution is -0.151. The molecule has 2 heterocycles. The minimum Gasteiger partial charge on any atom is -0.481 e. The number of aromatic nitrogens is 1. The van der Waals surface area contributed by atoms with Crippen LogP contribution in [0.2, 0.25) is 0 Å². The molecule has 0 saturated carbocycles. The van der Waals surface area contributed by atoms with Gasteiger partial charge in [-0.25, -0.2) is 0 Å². The van der Waals surface area contributed by atoms with Gasteiger partial charge in [-0.2, -0.15) is 0 Å². The van der Waals surface area contributed by atoms with Crippen LogP contribution in [-0.4, -0.2) is 34.0 Å². The summed E-state index contributed by atoms with van der Waals surface area (Å²) >= 11 is 6.89. The summed E-state index contributed by atoms with van der Waals surface area (Å²) in [5.74, 6) is -0.552. The quantitative estimate of drug-likeness (QED) is 0.832. The van der Waals surface area contributed by atoms with E-state index < -0.39 is 11.4 Å². The van der Waals surface area contributed by atoms with E-state index in [9.17, 15) is 9.90 Å². The van der Waals surface area contributed by atoms with Crippen LogP contribution in [0.15, 0.2) is 21.2 Å². The Bertz CT molecular complexity index is 522. The summed E-state index contributed by atoms with van der Waals surface area (Å²) in [6, 6.07) is 1.96. The first-order valence-corrected chi connectivity index (χ1v) is 8.19. The monoisotopic (exact) mass is 404 g/mol. The average molecular weight is 406 g/mol. The van der Waals surface area contributed by atoms with Crippen molar-refractivity contribution in [1.82, 2.24) is 9.88 Å². The highest BCUT2D eigenvalue weighted by Gasteiger charge is 2.47. The van der Waals surface area contributed by atoms with E-state index in [0.717, 1.165) is 21.2 Å². The van der Waals surface area contributed by atoms with E-state index in [2.05, 4.69) is 41.7 Å². The fourth-order valence-corrected chi connectivity index (χ4v) is 3.83. The van der Waals surface area contributed by atoms with E-state index in [4.69, 9.17) is 0 Å². The third-order valence-electron chi connectivity index (χ3n) is 4.17. The van der Waals surface area contributed by atoms with Gasteiger partial charge in [-0.05, 0) is 56.8 Å². The zero-order valence-electron chi connectivity index (χ0n) is 11.6. The minimum atomic E-state index is -0.683. The number of rotatable bonds is 4. The second-order valence-corrected chi connectivity index (χ2v) is 7.43. The molecule has 0 radical (unpaired) electrons. The zero-order chi connectivity index (χ0) is 14.9. The van der Waals surface area contributed by atoms with Crippen molar-refractivity contribution < 1.29 is 9.90 Å². The first-order chi connectivity index (χ1) is 9.35. The van der Waals surface area contributed by atoms with Crippen molar-refractivity contribution in [3.8, 4) is 0 Å². The van der Waals surface area contributed by atoms with Crippen LogP contribution in [-0.2, 0) is 11.3 Å². The fourth-order valence-electron chi connectivity index (χ4n) is 2.71. The van der Waals surface area contributed by atoms with Gasteiger partial charge < -0.3 is 5.11 Å². The summed E-state index contributed by atoms with van der Waals surface area (Å²) in [7, 11) is 0. The number of carbonyl (C=O) groups is 1. The molecule has 0 aromatic carbocycles. The molecule has 4 nitrogen and oxygen atoms in total. The topological polar surface area (TPSA) is 53.4 Å². The Morgan fingerprint density at radius 1 is 1.55 bits per heavy atom. The molecule has 1 aromatic rings. The van der Waals surface area contributed by atoms with Gasteiger partial charge in [-0.15, -0.1) is 0 Å². The molecule has 2 rings (SSSR count). The van der Waals surface area contributed by atoms with Crippen LogP contribution in [0.5, 0.6) is 0 Å². The van der Waals surface area contributed by atoms with Crippen molar-refractivity contribution in [3.63, 3.8) is 0 Å². The van der Waals surface area contributed by atoms with Gasteiger partial charge in [0.15, 0.2) is 0 Å². The maximum absolute atomic E-state index is 11.6. The lowest BCUT2D eigenvalue weighted by atomic mass is 9.76. The highest BCUT2D eigenvalue weighted by molar-refractivity contribution is 9.11. The number of pyridine rings is 1. The average Bonchev–Trinajstić information content (AvgIpc) is 2.78. The predicted molar refractivity (Wildman–Crippen MR) is 84.4 cm³/mol. The van der Waals surface area contributed by atoms with Crippen LogP contribution in [0.3, 0.4) is 0 Å². The number of aliphatic carboxylic acids is 1. The standard InChI is InChI=1S/C14H18Br2N2O2/c1-9(2)14(13(19)20)3-4-18(8-14)7-12-11(16)5-10(15)6-17-12/h5-6,9H,3-4,7-8H2,1-2H3,(H,19,20). The molecule has 0 spiro atoms. The van der Waals surface area contributed by atoms with Crippen molar-refractivity contribution in [2.75, 3.05) is 13.1 Å². The number of nitrogens with zero attached hydrogens (tertiary/aromatic N) is 2. The molecule has 0 amide bonds. The van der Waals surface area contributed by atoms with E-state index in [1.807, 2.05) is 19.9 Å². The van der Waals surface area contributed by atoms with E-state index in [1.54, 1.807) is 6.20 Å². The number of carboxylic acids is 1. The van der Waals surface area contributed by atoms with E-state index in [-0.39, 0.29) is 5.92 Å². The third kappa shape index (κ3) is 3.07. The number of hydrogen-bond acceptors (Lipinski definition) is 3. The SMILES string of the molecule is CC(C)C1(C(=O)O)CCN(Cc2ncc(Br)cc2Br)C1. The third-order valence-corrected chi connectivity index (χ3v) is 5.29. The molecule has 0 aliphatic carbocycles. The van der Waals surface area contributed by atoms with Crippen LogP contribution in [0.4, 0.5) is 0 Å². The van der Waals surface area contributed by atoms with Gasteiger partial charge in [0.2, 0.25) is 0 Å². The van der Waals surface area contributed by atoms with Gasteiger partial charge in [0.25, 0.3) is 0 Å². The Morgan fingerprint density at radius 3 is 2.75 bits per heavy atom. The van der Waals surface area contributed by atoms with Crippen molar-refractivity contribution in [2.45, 2.75) is 26.8 Å². The van der Waals surface area contributed by atoms with E-state index >= 15 is 0 Å². The Hall–Kier alpha value is -0.460. The number of halogens is 2. The molecule has 110 valence electrons. The Balaban J connectivity index is 2.11. The van der Waals surface area contributed by atoms with Gasteiger partial charge >= 0.3 is 5.97 Å². The second-order valence-electron chi connectivity index (χ2n) is 5.66. The van der Waals surface area contributed by atoms with Crippen molar-refractivity contribution in [3.05, 3.63) is 26.9 Å². The zero-order valence-corrected chi connectivity index (χ0v) is 14.7. The van der Waals surface area contributed by atoms with Crippen molar-refractivity contribution in [1.29, 1.82) is 0 Å². The summed E-state index contributed by atoms with van der Waals surface area (Å²) in [5.41, 5.74) is 0.320. The summed E-state index contributed by atoms with van der Waals surface area (Å²) in [6.45, 7) is 6.05. The van der Waals surface area contributed by atoms with Crippen LogP contribution >= 0.6 is 31.9 Å². The number of carboxylic acid groups (broad SMARTS) is 1. The highest BCUT2D eigenvalue weighted by atomic mass is 79.9. The summed E-state index contributed by atoms with van der Waals surface area (Å²) in [4.78, 5) is 18.2. The van der Waals surface area contributed by atoms with Crippen molar-refractivity contribution >= 4 is 37.8 Å². The number of likely N-dealkylation sites (tertiary alicyclic amines) is 1.